The Morgan fingerprint density at radius 3 is 2.50 bits per heavy atom. The Balaban J connectivity index is 2.06. The highest BCUT2D eigenvalue weighted by Crippen LogP contribution is 2.35. The molecule has 0 unspecified atom stereocenters. The molecule has 0 fully saturated rings. The van der Waals surface area contributed by atoms with E-state index in [9.17, 15) is 9.59 Å². The number of carbonyl (C=O) groups excluding carboxylic acids is 2. The lowest BCUT2D eigenvalue weighted by molar-refractivity contribution is 0.0521. The van der Waals surface area contributed by atoms with E-state index < -0.39 is 0 Å². The van der Waals surface area contributed by atoms with Crippen LogP contribution >= 0.6 is 0 Å². The van der Waals surface area contributed by atoms with Crippen molar-refractivity contribution in [3.05, 3.63) is 41.5 Å². The van der Waals surface area contributed by atoms with Crippen LogP contribution in [0.5, 0.6) is 5.75 Å². The fourth-order valence-electron chi connectivity index (χ4n) is 2.80. The van der Waals surface area contributed by atoms with Gasteiger partial charge in [-0.05, 0) is 24.6 Å². The van der Waals surface area contributed by atoms with Gasteiger partial charge in [0.1, 0.15) is 12.4 Å². The summed E-state index contributed by atoms with van der Waals surface area (Å²) in [7, 11) is 1.61. The molecule has 0 spiro atoms. The quantitative estimate of drug-likeness (QED) is 0.624. The lowest BCUT2D eigenvalue weighted by atomic mass is 9.94. The van der Waals surface area contributed by atoms with Crippen molar-refractivity contribution in [2.45, 2.75) is 13.3 Å². The van der Waals surface area contributed by atoms with Crippen molar-refractivity contribution in [1.29, 1.82) is 0 Å². The third-order valence-electron chi connectivity index (χ3n) is 3.93. The number of hydrazine groups is 1. The Hall–Kier alpha value is -2.44. The Morgan fingerprint density at radius 1 is 1.04 bits per heavy atom. The summed E-state index contributed by atoms with van der Waals surface area (Å²) < 4.78 is 10.7. The minimum absolute atomic E-state index is 0.333. The van der Waals surface area contributed by atoms with E-state index in [0.29, 0.717) is 42.0 Å². The summed E-state index contributed by atoms with van der Waals surface area (Å²) >= 11 is 0. The molecule has 2 aromatic carbocycles. The van der Waals surface area contributed by atoms with Crippen LogP contribution in [0, 0.1) is 0 Å². The number of nitrogens with zero attached hydrogens (tertiary/aromatic N) is 1. The van der Waals surface area contributed by atoms with E-state index in [0.717, 1.165) is 16.8 Å². The molecule has 2 amide bonds. The topological polar surface area (TPSA) is 67.9 Å². The van der Waals surface area contributed by atoms with Gasteiger partial charge in [0.05, 0.1) is 17.7 Å². The predicted octanol–water partition coefficient (Wildman–Crippen LogP) is 2.38. The molecule has 1 heterocycles. The molecule has 0 radical (unpaired) electrons. The summed E-state index contributed by atoms with van der Waals surface area (Å²) in [6.07, 6.45) is 0.820. The smallest absolute Gasteiger partial charge is 0.275 e. The zero-order valence-electron chi connectivity index (χ0n) is 13.8. The number of rotatable bonds is 7. The molecule has 0 aromatic heterocycles. The van der Waals surface area contributed by atoms with E-state index in [1.165, 1.54) is 0 Å². The first-order valence-electron chi connectivity index (χ1n) is 7.98. The molecule has 0 aliphatic carbocycles. The van der Waals surface area contributed by atoms with Crippen LogP contribution in [-0.2, 0) is 4.74 Å². The molecule has 0 atom stereocenters. The number of methoxy groups -OCH3 is 1. The summed E-state index contributed by atoms with van der Waals surface area (Å²) in [5.41, 5.74) is 3.90. The fourth-order valence-corrected chi connectivity index (χ4v) is 2.80. The summed E-state index contributed by atoms with van der Waals surface area (Å²) in [5.74, 6) is -0.0237. The highest BCUT2D eigenvalue weighted by molar-refractivity contribution is 6.25. The van der Waals surface area contributed by atoms with Gasteiger partial charge in [-0.3, -0.25) is 9.59 Å². The van der Waals surface area contributed by atoms with Gasteiger partial charge >= 0.3 is 0 Å². The standard InChI is InChI=1S/C18H20N2O4/c1-3-9-19-20-17(21)13-6-4-5-12-15(24-11-10-23-2)8-7-14(16(12)13)18(20)22/h4-8,19H,3,9-11H2,1-2H3. The zero-order valence-corrected chi connectivity index (χ0v) is 13.8. The van der Waals surface area contributed by atoms with Crippen molar-refractivity contribution in [3.63, 3.8) is 0 Å². The lowest BCUT2D eigenvalue weighted by Gasteiger charge is -2.27. The molecule has 1 N–H and O–H groups in total. The Bertz CT molecular complexity index is 766. The van der Waals surface area contributed by atoms with Gasteiger partial charge in [-0.15, -0.1) is 0 Å². The van der Waals surface area contributed by atoms with Crippen LogP contribution < -0.4 is 10.2 Å². The van der Waals surface area contributed by atoms with Crippen LogP contribution in [0.2, 0.25) is 0 Å². The second-order valence-electron chi connectivity index (χ2n) is 5.53. The molecule has 6 nitrogen and oxygen atoms in total. The molecule has 1 aliphatic heterocycles. The molecule has 3 rings (SSSR count). The van der Waals surface area contributed by atoms with Crippen molar-refractivity contribution in [2.75, 3.05) is 26.9 Å². The Kier molecular flexibility index (Phi) is 4.78. The highest BCUT2D eigenvalue weighted by atomic mass is 16.5. The van der Waals surface area contributed by atoms with E-state index in [1.807, 2.05) is 13.0 Å². The number of hydrogen-bond donors (Lipinski definition) is 1. The summed E-state index contributed by atoms with van der Waals surface area (Å²) in [6.45, 7) is 3.40. The lowest BCUT2D eigenvalue weighted by Crippen LogP contribution is -2.49. The van der Waals surface area contributed by atoms with Gasteiger partial charge < -0.3 is 9.47 Å². The van der Waals surface area contributed by atoms with Gasteiger partial charge in [0.15, 0.2) is 0 Å². The predicted molar refractivity (Wildman–Crippen MR) is 90.1 cm³/mol. The molecule has 6 heteroatoms. The van der Waals surface area contributed by atoms with Crippen LogP contribution in [0.1, 0.15) is 34.1 Å². The number of ether oxygens (including phenoxy) is 2. The number of nitrogens with one attached hydrogen (secondary N) is 1. The molecule has 0 bridgehead atoms. The first kappa shape index (κ1) is 16.4. The van der Waals surface area contributed by atoms with Crippen molar-refractivity contribution < 1.29 is 19.1 Å². The SMILES string of the molecule is CCCNN1C(=O)c2cccc3c(OCCOC)ccc(c23)C1=O. The number of carbonyl (C=O) groups is 2. The third-order valence-corrected chi connectivity index (χ3v) is 3.93. The maximum Gasteiger partial charge on any atom is 0.275 e. The van der Waals surface area contributed by atoms with Crippen LogP contribution in [0.25, 0.3) is 10.8 Å². The minimum atomic E-state index is -0.333. The van der Waals surface area contributed by atoms with Crippen molar-refractivity contribution in [2.24, 2.45) is 0 Å². The van der Waals surface area contributed by atoms with Crippen LogP contribution in [-0.4, -0.2) is 43.7 Å². The average Bonchev–Trinajstić information content (AvgIpc) is 2.60. The first-order chi connectivity index (χ1) is 11.7. The van der Waals surface area contributed by atoms with Crippen molar-refractivity contribution in [1.82, 2.24) is 10.4 Å². The Labute approximate surface area is 140 Å². The number of hydrogen-bond acceptors (Lipinski definition) is 5. The molecule has 0 saturated carbocycles. The molecular weight excluding hydrogens is 308 g/mol. The molecule has 2 aromatic rings. The van der Waals surface area contributed by atoms with Crippen molar-refractivity contribution >= 4 is 22.6 Å². The number of imide groups is 1. The monoisotopic (exact) mass is 328 g/mol. The second-order valence-corrected chi connectivity index (χ2v) is 5.53. The van der Waals surface area contributed by atoms with E-state index >= 15 is 0 Å². The second kappa shape index (κ2) is 6.98. The highest BCUT2D eigenvalue weighted by Gasteiger charge is 2.33. The van der Waals surface area contributed by atoms with Gasteiger partial charge in [0, 0.05) is 24.4 Å². The van der Waals surface area contributed by atoms with Crippen molar-refractivity contribution in [3.8, 4) is 5.75 Å². The fraction of sp³-hybridized carbons (Fsp3) is 0.333. The normalized spacial score (nSPS) is 13.7. The van der Waals surface area contributed by atoms with Gasteiger partial charge in [0.2, 0.25) is 0 Å². The zero-order chi connectivity index (χ0) is 17.1. The van der Waals surface area contributed by atoms with Gasteiger partial charge in [-0.2, -0.15) is 0 Å². The van der Waals surface area contributed by atoms with E-state index in [2.05, 4.69) is 5.43 Å². The van der Waals surface area contributed by atoms with E-state index in [1.54, 1.807) is 31.4 Å². The third kappa shape index (κ3) is 2.74. The number of benzene rings is 2. The van der Waals surface area contributed by atoms with Crippen LogP contribution in [0.15, 0.2) is 30.3 Å². The van der Waals surface area contributed by atoms with Crippen LogP contribution in [0.4, 0.5) is 0 Å². The molecule has 24 heavy (non-hydrogen) atoms. The van der Waals surface area contributed by atoms with Gasteiger partial charge in [-0.25, -0.2) is 10.4 Å². The maximum absolute atomic E-state index is 12.7. The molecule has 1 aliphatic rings. The first-order valence-corrected chi connectivity index (χ1v) is 7.98. The summed E-state index contributed by atoms with van der Waals surface area (Å²) in [4.78, 5) is 25.3. The van der Waals surface area contributed by atoms with E-state index in [-0.39, 0.29) is 11.8 Å². The Morgan fingerprint density at radius 2 is 1.79 bits per heavy atom. The molecule has 0 saturated heterocycles. The molecule has 126 valence electrons. The molecular formula is C18H20N2O4. The van der Waals surface area contributed by atoms with Crippen LogP contribution in [0.3, 0.4) is 0 Å². The summed E-state index contributed by atoms with van der Waals surface area (Å²) in [6, 6.07) is 8.88. The number of amides is 2. The van der Waals surface area contributed by atoms with Gasteiger partial charge in [-0.1, -0.05) is 19.1 Å². The van der Waals surface area contributed by atoms with E-state index in [4.69, 9.17) is 9.47 Å². The average molecular weight is 328 g/mol. The van der Waals surface area contributed by atoms with Gasteiger partial charge in [0.25, 0.3) is 11.8 Å². The largest absolute Gasteiger partial charge is 0.491 e. The minimum Gasteiger partial charge on any atom is -0.491 e. The maximum atomic E-state index is 12.7. The summed E-state index contributed by atoms with van der Waals surface area (Å²) in [5, 5.41) is 2.52.